The Morgan fingerprint density at radius 1 is 1.38 bits per heavy atom. The Balaban J connectivity index is 1.67. The van der Waals surface area contributed by atoms with Gasteiger partial charge in [-0.2, -0.15) is 0 Å². The van der Waals surface area contributed by atoms with Crippen LogP contribution in [0.1, 0.15) is 25.3 Å². The predicted octanol–water partition coefficient (Wildman–Crippen LogP) is 3.09. The van der Waals surface area contributed by atoms with Gasteiger partial charge in [-0.1, -0.05) is 29.8 Å². The minimum absolute atomic E-state index is 0.188. The van der Waals surface area contributed by atoms with Crippen molar-refractivity contribution in [2.24, 2.45) is 0 Å². The van der Waals surface area contributed by atoms with E-state index in [9.17, 15) is 4.79 Å². The van der Waals surface area contributed by atoms with Gasteiger partial charge in [-0.3, -0.25) is 0 Å². The third kappa shape index (κ3) is 4.90. The molecule has 1 amide bonds. The van der Waals surface area contributed by atoms with Crippen LogP contribution in [0, 0.1) is 0 Å². The second kappa shape index (κ2) is 8.25. The lowest BCUT2D eigenvalue weighted by molar-refractivity contribution is 0.0952. The van der Waals surface area contributed by atoms with E-state index >= 15 is 0 Å². The van der Waals surface area contributed by atoms with Crippen LogP contribution in [-0.2, 0) is 11.2 Å². The fourth-order valence-corrected chi connectivity index (χ4v) is 2.82. The number of carbonyl (C=O) groups is 1. The van der Waals surface area contributed by atoms with E-state index in [-0.39, 0.29) is 6.09 Å². The van der Waals surface area contributed by atoms with Crippen LogP contribution in [0.5, 0.6) is 0 Å². The average molecular weight is 311 g/mol. The summed E-state index contributed by atoms with van der Waals surface area (Å²) >= 11 is 6.14. The summed E-state index contributed by atoms with van der Waals surface area (Å²) in [7, 11) is 0. The van der Waals surface area contributed by atoms with E-state index in [1.807, 2.05) is 25.1 Å². The van der Waals surface area contributed by atoms with Crippen LogP contribution in [0.4, 0.5) is 4.79 Å². The molecule has 0 radical (unpaired) electrons. The molecule has 4 nitrogen and oxygen atoms in total. The quantitative estimate of drug-likeness (QED) is 0.908. The molecular formula is C16H23ClN2O2. The van der Waals surface area contributed by atoms with E-state index in [4.69, 9.17) is 16.3 Å². The second-order valence-corrected chi connectivity index (χ2v) is 5.66. The summed E-state index contributed by atoms with van der Waals surface area (Å²) in [6, 6.07) is 8.42. The van der Waals surface area contributed by atoms with Gasteiger partial charge in [0, 0.05) is 24.2 Å². The molecule has 116 valence electrons. The summed E-state index contributed by atoms with van der Waals surface area (Å²) in [6.07, 6.45) is 2.69. The topological polar surface area (TPSA) is 41.6 Å². The summed E-state index contributed by atoms with van der Waals surface area (Å²) in [6.45, 7) is 4.72. The van der Waals surface area contributed by atoms with Crippen molar-refractivity contribution in [2.75, 3.05) is 26.2 Å². The van der Waals surface area contributed by atoms with Crippen LogP contribution in [0.25, 0.3) is 0 Å². The summed E-state index contributed by atoms with van der Waals surface area (Å²) in [5.41, 5.74) is 1.18. The molecule has 2 rings (SSSR count). The van der Waals surface area contributed by atoms with Crippen molar-refractivity contribution in [1.29, 1.82) is 0 Å². The third-order valence-corrected chi connectivity index (χ3v) is 4.17. The molecule has 1 aliphatic rings. The van der Waals surface area contributed by atoms with Crippen molar-refractivity contribution in [2.45, 2.75) is 32.2 Å². The number of carbonyl (C=O) groups excluding carboxylic acids is 1. The zero-order valence-corrected chi connectivity index (χ0v) is 13.2. The Kier molecular flexibility index (Phi) is 6.33. The maximum atomic E-state index is 11.6. The van der Waals surface area contributed by atoms with Gasteiger partial charge in [0.25, 0.3) is 0 Å². The summed E-state index contributed by atoms with van der Waals surface area (Å²) in [4.78, 5) is 13.4. The highest BCUT2D eigenvalue weighted by molar-refractivity contribution is 6.31. The van der Waals surface area contributed by atoms with Crippen molar-refractivity contribution in [1.82, 2.24) is 10.2 Å². The summed E-state index contributed by atoms with van der Waals surface area (Å²) in [5, 5.41) is 4.38. The molecular weight excluding hydrogens is 288 g/mol. The van der Waals surface area contributed by atoms with E-state index < -0.39 is 0 Å². The van der Waals surface area contributed by atoms with Crippen molar-refractivity contribution >= 4 is 17.7 Å². The Labute approximate surface area is 131 Å². The Bertz CT molecular complexity index is 459. The van der Waals surface area contributed by atoms with E-state index in [0.29, 0.717) is 12.6 Å². The maximum Gasteiger partial charge on any atom is 0.409 e. The zero-order valence-electron chi connectivity index (χ0n) is 12.5. The van der Waals surface area contributed by atoms with Crippen molar-refractivity contribution in [3.05, 3.63) is 34.9 Å². The fraction of sp³-hybridized carbons (Fsp3) is 0.562. The van der Waals surface area contributed by atoms with Gasteiger partial charge in [0.1, 0.15) is 0 Å². The number of ether oxygens (including phenoxy) is 1. The molecule has 0 atom stereocenters. The first-order valence-electron chi connectivity index (χ1n) is 7.59. The number of likely N-dealkylation sites (tertiary alicyclic amines) is 1. The highest BCUT2D eigenvalue weighted by atomic mass is 35.5. The molecule has 0 unspecified atom stereocenters. The molecule has 1 N–H and O–H groups in total. The van der Waals surface area contributed by atoms with Crippen molar-refractivity contribution in [3.8, 4) is 0 Å². The smallest absolute Gasteiger partial charge is 0.409 e. The monoisotopic (exact) mass is 310 g/mol. The number of hydrogen-bond acceptors (Lipinski definition) is 3. The molecule has 1 heterocycles. The first-order valence-corrected chi connectivity index (χ1v) is 7.97. The molecule has 0 saturated carbocycles. The van der Waals surface area contributed by atoms with Gasteiger partial charge >= 0.3 is 6.09 Å². The van der Waals surface area contributed by atoms with Crippen LogP contribution >= 0.6 is 11.6 Å². The fourth-order valence-electron chi connectivity index (χ4n) is 2.59. The molecule has 1 aromatic carbocycles. The van der Waals surface area contributed by atoms with Crippen LogP contribution < -0.4 is 5.32 Å². The molecule has 1 aromatic rings. The first kappa shape index (κ1) is 16.1. The van der Waals surface area contributed by atoms with Gasteiger partial charge in [-0.25, -0.2) is 4.79 Å². The molecule has 5 heteroatoms. The van der Waals surface area contributed by atoms with Crippen LogP contribution in [0.15, 0.2) is 24.3 Å². The minimum Gasteiger partial charge on any atom is -0.450 e. The molecule has 1 saturated heterocycles. The molecule has 0 aromatic heterocycles. The normalized spacial score (nSPS) is 16.0. The molecule has 0 bridgehead atoms. The van der Waals surface area contributed by atoms with Gasteiger partial charge in [-0.15, -0.1) is 0 Å². The Morgan fingerprint density at radius 3 is 2.76 bits per heavy atom. The van der Waals surface area contributed by atoms with Crippen LogP contribution in [-0.4, -0.2) is 43.3 Å². The lowest BCUT2D eigenvalue weighted by atomic mass is 10.0. The van der Waals surface area contributed by atoms with Gasteiger partial charge in [0.15, 0.2) is 0 Å². The highest BCUT2D eigenvalue weighted by Gasteiger charge is 2.22. The Hall–Kier alpha value is -1.26. The zero-order chi connectivity index (χ0) is 15.1. The van der Waals surface area contributed by atoms with Gasteiger partial charge in [-0.05, 0) is 44.4 Å². The number of amides is 1. The first-order chi connectivity index (χ1) is 10.2. The van der Waals surface area contributed by atoms with Gasteiger partial charge < -0.3 is 15.0 Å². The summed E-state index contributed by atoms with van der Waals surface area (Å²) in [5.74, 6) is 0. The highest BCUT2D eigenvalue weighted by Crippen LogP contribution is 2.16. The number of halogens is 1. The number of nitrogens with zero attached hydrogens (tertiary/aromatic N) is 1. The third-order valence-electron chi connectivity index (χ3n) is 3.81. The number of benzene rings is 1. The molecule has 1 aliphatic heterocycles. The SMILES string of the molecule is CCOC(=O)N1CCC(NCCc2ccccc2Cl)CC1. The molecule has 0 spiro atoms. The van der Waals surface area contributed by atoms with E-state index in [2.05, 4.69) is 11.4 Å². The van der Waals surface area contributed by atoms with Gasteiger partial charge in [0.05, 0.1) is 6.61 Å². The maximum absolute atomic E-state index is 11.6. The largest absolute Gasteiger partial charge is 0.450 e. The van der Waals surface area contributed by atoms with Crippen LogP contribution in [0.3, 0.4) is 0 Å². The number of piperidine rings is 1. The lowest BCUT2D eigenvalue weighted by Gasteiger charge is -2.31. The van der Waals surface area contributed by atoms with Gasteiger partial charge in [0.2, 0.25) is 0 Å². The molecule has 0 aliphatic carbocycles. The molecule has 21 heavy (non-hydrogen) atoms. The minimum atomic E-state index is -0.188. The van der Waals surface area contributed by atoms with E-state index in [1.165, 1.54) is 5.56 Å². The predicted molar refractivity (Wildman–Crippen MR) is 84.8 cm³/mol. The lowest BCUT2D eigenvalue weighted by Crippen LogP contribution is -2.45. The summed E-state index contributed by atoms with van der Waals surface area (Å²) < 4.78 is 5.02. The Morgan fingerprint density at radius 2 is 2.10 bits per heavy atom. The standard InChI is InChI=1S/C16H23ClN2O2/c1-2-21-16(20)19-11-8-14(9-12-19)18-10-7-13-5-3-4-6-15(13)17/h3-6,14,18H,2,7-12H2,1H3. The second-order valence-electron chi connectivity index (χ2n) is 5.26. The van der Waals surface area contributed by atoms with E-state index in [0.717, 1.165) is 43.9 Å². The number of hydrogen-bond donors (Lipinski definition) is 1. The van der Waals surface area contributed by atoms with Crippen molar-refractivity contribution < 1.29 is 9.53 Å². The van der Waals surface area contributed by atoms with Crippen molar-refractivity contribution in [3.63, 3.8) is 0 Å². The van der Waals surface area contributed by atoms with E-state index in [1.54, 1.807) is 4.90 Å². The molecule has 1 fully saturated rings. The average Bonchev–Trinajstić information content (AvgIpc) is 2.50. The number of nitrogens with one attached hydrogen (secondary N) is 1. The number of rotatable bonds is 5. The van der Waals surface area contributed by atoms with Crippen LogP contribution in [0.2, 0.25) is 5.02 Å².